The molecule has 1 fully saturated rings. The molecule has 1 saturated carbocycles. The maximum absolute atomic E-state index is 14.8. The fourth-order valence-electron chi connectivity index (χ4n) is 4.29. The average Bonchev–Trinajstić information content (AvgIpc) is 3.57. The van der Waals surface area contributed by atoms with Gasteiger partial charge in [-0.1, -0.05) is 49.4 Å². The Kier molecular flexibility index (Phi) is 6.35. The topological polar surface area (TPSA) is 25.4 Å². The summed E-state index contributed by atoms with van der Waals surface area (Å²) >= 11 is 8.10. The van der Waals surface area contributed by atoms with Gasteiger partial charge in [0.15, 0.2) is 5.13 Å². The van der Waals surface area contributed by atoms with Gasteiger partial charge in [0.25, 0.3) is 0 Å². The summed E-state index contributed by atoms with van der Waals surface area (Å²) in [7, 11) is -2.57. The standard InChI is InChI=1S/C28H30ClFN2OS/c1-6-12-32(25(14-19-8-9-19)21-11-10-20(7-2)24(30)15-21)28-31-27(18(4)34-28)22-13-17(3)26(33-5)16-23(22)29/h1,10-11,13,15-16,19,25H,7-9,12,14H2,2-5H3/t25-/m0/s1/i5D3. The number of anilines is 1. The van der Waals surface area contributed by atoms with Crippen molar-refractivity contribution < 1.29 is 13.2 Å². The lowest BCUT2D eigenvalue weighted by Crippen LogP contribution is -2.29. The molecule has 0 unspecified atom stereocenters. The molecule has 4 rings (SSSR count). The number of rotatable bonds is 9. The predicted octanol–water partition coefficient (Wildman–Crippen LogP) is 7.77. The van der Waals surface area contributed by atoms with E-state index in [1.807, 2.05) is 26.0 Å². The van der Waals surface area contributed by atoms with E-state index in [0.29, 0.717) is 46.3 Å². The number of nitrogens with zero attached hydrogens (tertiary/aromatic N) is 2. The Morgan fingerprint density at radius 1 is 1.35 bits per heavy atom. The normalized spacial score (nSPS) is 15.7. The fraction of sp³-hybridized carbons (Fsp3) is 0.393. The molecular formula is C28H30ClFN2OS. The summed E-state index contributed by atoms with van der Waals surface area (Å²) in [5.41, 5.74) is 3.62. The smallest absolute Gasteiger partial charge is 0.187 e. The Morgan fingerprint density at radius 2 is 2.15 bits per heavy atom. The Hall–Kier alpha value is -2.55. The molecule has 178 valence electrons. The van der Waals surface area contributed by atoms with Crippen LogP contribution in [0.25, 0.3) is 11.3 Å². The van der Waals surface area contributed by atoms with Crippen LogP contribution in [0, 0.1) is 37.9 Å². The van der Waals surface area contributed by atoms with Gasteiger partial charge in [0.1, 0.15) is 11.6 Å². The van der Waals surface area contributed by atoms with Gasteiger partial charge in [-0.05, 0) is 67.5 Å². The Labute approximate surface area is 215 Å². The van der Waals surface area contributed by atoms with Crippen molar-refractivity contribution in [2.45, 2.75) is 52.5 Å². The Morgan fingerprint density at radius 3 is 2.79 bits per heavy atom. The van der Waals surface area contributed by atoms with E-state index in [2.05, 4.69) is 10.8 Å². The molecule has 3 nitrogen and oxygen atoms in total. The molecule has 0 amide bonds. The van der Waals surface area contributed by atoms with Crippen molar-refractivity contribution in [3.05, 3.63) is 62.7 Å². The van der Waals surface area contributed by atoms with Gasteiger partial charge >= 0.3 is 0 Å². The molecule has 34 heavy (non-hydrogen) atoms. The van der Waals surface area contributed by atoms with Gasteiger partial charge < -0.3 is 9.64 Å². The zero-order valence-corrected chi connectivity index (χ0v) is 21.2. The number of terminal acetylenes is 1. The SMILES string of the molecule is [2H]C([2H])([2H])Oc1cc(Cl)c(-c2nc(N(CC#C)[C@@H](CC3CC3)c3ccc(CC)c(F)c3)sc2C)cc1C. The highest BCUT2D eigenvalue weighted by Crippen LogP contribution is 2.44. The number of methoxy groups -OCH3 is 1. The van der Waals surface area contributed by atoms with E-state index >= 15 is 0 Å². The van der Waals surface area contributed by atoms with Gasteiger partial charge in [0.2, 0.25) is 0 Å². The summed E-state index contributed by atoms with van der Waals surface area (Å²) in [6.45, 7) is 6.01. The third kappa shape index (κ3) is 5.09. The van der Waals surface area contributed by atoms with Gasteiger partial charge in [-0.15, -0.1) is 17.8 Å². The first kappa shape index (κ1) is 20.8. The number of ether oxygens (including phenoxy) is 1. The van der Waals surface area contributed by atoms with E-state index in [4.69, 9.17) is 31.9 Å². The van der Waals surface area contributed by atoms with Crippen LogP contribution in [0.5, 0.6) is 5.75 Å². The molecule has 0 spiro atoms. The average molecular weight is 500 g/mol. The second-order valence-corrected chi connectivity index (χ2v) is 10.4. The maximum atomic E-state index is 14.8. The maximum Gasteiger partial charge on any atom is 0.187 e. The number of hydrogen-bond acceptors (Lipinski definition) is 4. The van der Waals surface area contributed by atoms with Crippen molar-refractivity contribution in [2.24, 2.45) is 5.92 Å². The van der Waals surface area contributed by atoms with Crippen LogP contribution in [-0.2, 0) is 6.42 Å². The summed E-state index contributed by atoms with van der Waals surface area (Å²) < 4.78 is 42.1. The largest absolute Gasteiger partial charge is 0.496 e. The van der Waals surface area contributed by atoms with Gasteiger partial charge in [-0.25, -0.2) is 9.37 Å². The van der Waals surface area contributed by atoms with Gasteiger partial charge in [-0.3, -0.25) is 0 Å². The minimum atomic E-state index is -2.57. The second kappa shape index (κ2) is 10.4. The zero-order chi connectivity index (χ0) is 26.9. The monoisotopic (exact) mass is 499 g/mol. The first-order valence-electron chi connectivity index (χ1n) is 13.0. The summed E-state index contributed by atoms with van der Waals surface area (Å²) in [6, 6.07) is 8.72. The summed E-state index contributed by atoms with van der Waals surface area (Å²) in [4.78, 5) is 7.99. The van der Waals surface area contributed by atoms with Crippen LogP contribution in [0.4, 0.5) is 9.52 Å². The molecule has 0 saturated heterocycles. The number of benzene rings is 2. The zero-order valence-electron chi connectivity index (χ0n) is 22.6. The second-order valence-electron chi connectivity index (χ2n) is 8.83. The van der Waals surface area contributed by atoms with Crippen LogP contribution in [0.3, 0.4) is 0 Å². The third-order valence-corrected chi connectivity index (χ3v) is 7.72. The van der Waals surface area contributed by atoms with E-state index in [1.165, 1.54) is 17.4 Å². The minimum absolute atomic E-state index is 0.102. The first-order valence-corrected chi connectivity index (χ1v) is 12.7. The van der Waals surface area contributed by atoms with Crippen LogP contribution < -0.4 is 9.64 Å². The van der Waals surface area contributed by atoms with Crippen LogP contribution in [0.1, 0.15) is 57.9 Å². The minimum Gasteiger partial charge on any atom is -0.496 e. The molecule has 1 aromatic heterocycles. The third-order valence-electron chi connectivity index (χ3n) is 6.39. The first-order chi connectivity index (χ1) is 17.5. The van der Waals surface area contributed by atoms with Crippen molar-refractivity contribution in [1.29, 1.82) is 0 Å². The lowest BCUT2D eigenvalue weighted by Gasteiger charge is -2.31. The Bertz CT molecular complexity index is 1330. The number of halogens is 2. The van der Waals surface area contributed by atoms with Gasteiger partial charge in [0.05, 0.1) is 34.5 Å². The molecule has 0 aliphatic heterocycles. The van der Waals surface area contributed by atoms with E-state index < -0.39 is 7.04 Å². The molecule has 0 radical (unpaired) electrons. The highest BCUT2D eigenvalue weighted by atomic mass is 35.5. The van der Waals surface area contributed by atoms with Crippen LogP contribution in [0.2, 0.25) is 5.02 Å². The highest BCUT2D eigenvalue weighted by molar-refractivity contribution is 7.16. The van der Waals surface area contributed by atoms with Crippen molar-refractivity contribution in [2.75, 3.05) is 18.5 Å². The van der Waals surface area contributed by atoms with Gasteiger partial charge in [0, 0.05) is 10.4 Å². The van der Waals surface area contributed by atoms with Crippen molar-refractivity contribution >= 4 is 28.1 Å². The van der Waals surface area contributed by atoms with Crippen LogP contribution in [0.15, 0.2) is 30.3 Å². The summed E-state index contributed by atoms with van der Waals surface area (Å²) in [5.74, 6) is 3.37. The quantitative estimate of drug-likeness (QED) is 0.281. The number of hydrogen-bond donors (Lipinski definition) is 0. The van der Waals surface area contributed by atoms with Crippen molar-refractivity contribution in [3.8, 4) is 29.4 Å². The number of aromatic nitrogens is 1. The number of aryl methyl sites for hydroxylation is 3. The summed E-state index contributed by atoms with van der Waals surface area (Å²) in [6.07, 6.45) is 9.64. The van der Waals surface area contributed by atoms with E-state index in [9.17, 15) is 4.39 Å². The number of thiazole rings is 1. The van der Waals surface area contributed by atoms with E-state index in [1.54, 1.807) is 19.1 Å². The fourth-order valence-corrected chi connectivity index (χ4v) is 5.50. The lowest BCUT2D eigenvalue weighted by molar-refractivity contribution is 0.412. The van der Waals surface area contributed by atoms with E-state index in [0.717, 1.165) is 34.8 Å². The summed E-state index contributed by atoms with van der Waals surface area (Å²) in [5, 5.41) is 1.09. The molecule has 1 aliphatic carbocycles. The van der Waals surface area contributed by atoms with Gasteiger partial charge in [-0.2, -0.15) is 0 Å². The van der Waals surface area contributed by atoms with Crippen molar-refractivity contribution in [3.63, 3.8) is 0 Å². The Balaban J connectivity index is 1.73. The van der Waals surface area contributed by atoms with Crippen LogP contribution in [-0.4, -0.2) is 18.6 Å². The van der Waals surface area contributed by atoms with E-state index in [-0.39, 0.29) is 17.6 Å². The molecule has 1 aliphatic rings. The molecule has 3 aromatic rings. The lowest BCUT2D eigenvalue weighted by atomic mass is 9.97. The molecule has 2 aromatic carbocycles. The van der Waals surface area contributed by atoms with Crippen LogP contribution >= 0.6 is 22.9 Å². The molecular weight excluding hydrogens is 467 g/mol. The molecule has 6 heteroatoms. The van der Waals surface area contributed by atoms with Crippen molar-refractivity contribution in [1.82, 2.24) is 4.98 Å². The predicted molar refractivity (Wildman–Crippen MR) is 141 cm³/mol. The molecule has 0 bridgehead atoms. The molecule has 0 N–H and O–H groups in total. The molecule has 1 heterocycles. The highest BCUT2D eigenvalue weighted by Gasteiger charge is 2.32. The molecule has 1 atom stereocenters.